The zero-order chi connectivity index (χ0) is 13.9. The van der Waals surface area contributed by atoms with Gasteiger partial charge in [-0.1, -0.05) is 36.4 Å². The lowest BCUT2D eigenvalue weighted by Gasteiger charge is -2.15. The highest BCUT2D eigenvalue weighted by atomic mass is 28.3. The van der Waals surface area contributed by atoms with E-state index in [1.165, 1.54) is 11.3 Å². The van der Waals surface area contributed by atoms with E-state index < -0.39 is 9.04 Å². The summed E-state index contributed by atoms with van der Waals surface area (Å²) in [5.74, 6) is -0.267. The van der Waals surface area contributed by atoms with Crippen molar-refractivity contribution in [1.82, 2.24) is 0 Å². The summed E-state index contributed by atoms with van der Waals surface area (Å²) in [5.41, 5.74) is 0. The van der Waals surface area contributed by atoms with Crippen LogP contribution in [0.15, 0.2) is 42.5 Å². The van der Waals surface area contributed by atoms with Gasteiger partial charge in [-0.25, -0.2) is 4.79 Å². The predicted molar refractivity (Wildman–Crippen MR) is 80.0 cm³/mol. The molecule has 4 heteroatoms. The van der Waals surface area contributed by atoms with Crippen molar-refractivity contribution in [3.05, 3.63) is 42.5 Å². The van der Waals surface area contributed by atoms with Crippen molar-refractivity contribution in [2.24, 2.45) is 0 Å². The number of carbonyl (C=O) groups excluding carboxylic acids is 1. The first-order valence-corrected chi connectivity index (χ1v) is 8.60. The quantitative estimate of drug-likeness (QED) is 0.316. The van der Waals surface area contributed by atoms with Gasteiger partial charge < -0.3 is 9.16 Å². The second-order valence-electron chi connectivity index (χ2n) is 4.16. The van der Waals surface area contributed by atoms with E-state index in [2.05, 4.69) is 12.1 Å². The molecule has 0 amide bonds. The largest absolute Gasteiger partial charge is 0.463 e. The third-order valence-electron chi connectivity index (χ3n) is 2.70. The number of hydrogen-bond acceptors (Lipinski definition) is 3. The summed E-state index contributed by atoms with van der Waals surface area (Å²) in [6, 6.07) is 11.3. The van der Waals surface area contributed by atoms with Gasteiger partial charge in [0.1, 0.15) is 0 Å². The molecule has 1 atom stereocenters. The zero-order valence-corrected chi connectivity index (χ0v) is 12.8. The van der Waals surface area contributed by atoms with Gasteiger partial charge in [0.15, 0.2) is 0 Å². The van der Waals surface area contributed by atoms with Crippen molar-refractivity contribution in [3.8, 4) is 0 Å². The molecular weight excluding hydrogens is 256 g/mol. The summed E-state index contributed by atoms with van der Waals surface area (Å²) in [4.78, 5) is 11.2. The molecule has 0 aliphatic rings. The van der Waals surface area contributed by atoms with Crippen LogP contribution in [-0.2, 0) is 14.0 Å². The van der Waals surface area contributed by atoms with Gasteiger partial charge in [0.05, 0.1) is 6.61 Å². The van der Waals surface area contributed by atoms with Crippen molar-refractivity contribution in [2.75, 3.05) is 13.2 Å². The number of benzene rings is 1. The van der Waals surface area contributed by atoms with Gasteiger partial charge in [-0.05, 0) is 31.5 Å². The highest BCUT2D eigenvalue weighted by Gasteiger charge is 2.13. The van der Waals surface area contributed by atoms with E-state index in [9.17, 15) is 4.79 Å². The van der Waals surface area contributed by atoms with Crippen LogP contribution < -0.4 is 5.19 Å². The van der Waals surface area contributed by atoms with Gasteiger partial charge >= 0.3 is 5.97 Å². The van der Waals surface area contributed by atoms with Crippen LogP contribution in [0.5, 0.6) is 0 Å². The third kappa shape index (κ3) is 6.36. The van der Waals surface area contributed by atoms with E-state index in [4.69, 9.17) is 9.16 Å². The van der Waals surface area contributed by atoms with Crippen LogP contribution in [0.1, 0.15) is 20.3 Å². The van der Waals surface area contributed by atoms with Crippen LogP contribution in [0, 0.1) is 0 Å². The molecule has 1 unspecified atom stereocenters. The lowest BCUT2D eigenvalue weighted by atomic mass is 10.4. The van der Waals surface area contributed by atoms with E-state index in [1.807, 2.05) is 25.1 Å². The van der Waals surface area contributed by atoms with Gasteiger partial charge in [-0.2, -0.15) is 0 Å². The first-order valence-electron chi connectivity index (χ1n) is 6.74. The third-order valence-corrected chi connectivity index (χ3v) is 5.49. The molecule has 0 aliphatic carbocycles. The smallest absolute Gasteiger partial charge is 0.330 e. The molecule has 0 N–H and O–H groups in total. The van der Waals surface area contributed by atoms with Crippen LogP contribution in [-0.4, -0.2) is 28.2 Å². The fourth-order valence-electron chi connectivity index (χ4n) is 1.84. The minimum Gasteiger partial charge on any atom is -0.463 e. The van der Waals surface area contributed by atoms with Crippen LogP contribution in [0.2, 0.25) is 6.04 Å². The Hall–Kier alpha value is -1.39. The van der Waals surface area contributed by atoms with Crippen LogP contribution in [0.3, 0.4) is 0 Å². The maximum atomic E-state index is 11.2. The monoisotopic (exact) mass is 278 g/mol. The van der Waals surface area contributed by atoms with E-state index in [1.54, 1.807) is 13.0 Å². The molecule has 0 radical (unpaired) electrons. The highest BCUT2D eigenvalue weighted by molar-refractivity contribution is 6.67. The first-order chi connectivity index (χ1) is 9.27. The molecule has 1 aromatic carbocycles. The summed E-state index contributed by atoms with van der Waals surface area (Å²) >= 11 is 0. The van der Waals surface area contributed by atoms with E-state index in [-0.39, 0.29) is 5.97 Å². The standard InChI is InChI=1S/C15H22O3Si/c1-3-9-15(16)17-12-8-13-19(18-4-2)14-10-6-5-7-11-14/h3,5-7,9-11,19H,4,8,12-13H2,1-2H3. The van der Waals surface area contributed by atoms with Crippen molar-refractivity contribution < 1.29 is 14.0 Å². The highest BCUT2D eigenvalue weighted by Crippen LogP contribution is 2.02. The van der Waals surface area contributed by atoms with E-state index in [0.717, 1.165) is 19.1 Å². The summed E-state index contributed by atoms with van der Waals surface area (Å²) in [7, 11) is -1.38. The Balaban J connectivity index is 2.37. The van der Waals surface area contributed by atoms with Gasteiger partial charge in [0.25, 0.3) is 0 Å². The SMILES string of the molecule is CC=CC(=O)OCCC[SiH](OCC)c1ccccc1. The Morgan fingerprint density at radius 3 is 2.68 bits per heavy atom. The number of allylic oxidation sites excluding steroid dienone is 1. The van der Waals surface area contributed by atoms with Gasteiger partial charge in [0.2, 0.25) is 9.04 Å². The lowest BCUT2D eigenvalue weighted by Crippen LogP contribution is -2.33. The Bertz CT molecular complexity index is 390. The van der Waals surface area contributed by atoms with Crippen molar-refractivity contribution >= 4 is 20.2 Å². The number of rotatable bonds is 8. The summed E-state index contributed by atoms with van der Waals surface area (Å²) in [6.07, 6.45) is 3.98. The van der Waals surface area contributed by atoms with Crippen molar-refractivity contribution in [1.29, 1.82) is 0 Å². The van der Waals surface area contributed by atoms with Gasteiger partial charge in [-0.3, -0.25) is 0 Å². The predicted octanol–water partition coefficient (Wildman–Crippen LogP) is 2.16. The minimum absolute atomic E-state index is 0.267. The van der Waals surface area contributed by atoms with Gasteiger partial charge in [-0.15, -0.1) is 0 Å². The average molecular weight is 278 g/mol. The van der Waals surface area contributed by atoms with Crippen LogP contribution in [0.4, 0.5) is 0 Å². The molecule has 0 fully saturated rings. The normalized spacial score (nSPS) is 12.5. The molecule has 104 valence electrons. The van der Waals surface area contributed by atoms with Crippen molar-refractivity contribution in [2.45, 2.75) is 26.3 Å². The fraction of sp³-hybridized carbons (Fsp3) is 0.400. The molecule has 19 heavy (non-hydrogen) atoms. The number of ether oxygens (including phenoxy) is 1. The maximum Gasteiger partial charge on any atom is 0.330 e. The Morgan fingerprint density at radius 1 is 1.32 bits per heavy atom. The topological polar surface area (TPSA) is 35.5 Å². The van der Waals surface area contributed by atoms with Crippen LogP contribution >= 0.6 is 0 Å². The Kier molecular flexibility index (Phi) is 7.85. The molecule has 0 saturated carbocycles. The summed E-state index contributed by atoms with van der Waals surface area (Å²) < 4.78 is 11.0. The second kappa shape index (κ2) is 9.53. The summed E-state index contributed by atoms with van der Waals surface area (Å²) in [6.45, 7) is 5.03. The number of esters is 1. The maximum absolute atomic E-state index is 11.2. The van der Waals surface area contributed by atoms with Gasteiger partial charge in [0, 0.05) is 12.7 Å². The Morgan fingerprint density at radius 2 is 2.05 bits per heavy atom. The summed E-state index contributed by atoms with van der Waals surface area (Å²) in [5, 5.41) is 1.31. The molecule has 0 heterocycles. The molecule has 1 aromatic rings. The molecule has 1 rings (SSSR count). The first kappa shape index (κ1) is 15.7. The molecule has 0 bridgehead atoms. The molecule has 0 aromatic heterocycles. The zero-order valence-electron chi connectivity index (χ0n) is 11.7. The van der Waals surface area contributed by atoms with Crippen LogP contribution in [0.25, 0.3) is 0 Å². The molecule has 3 nitrogen and oxygen atoms in total. The number of carbonyl (C=O) groups is 1. The average Bonchev–Trinajstić information content (AvgIpc) is 2.43. The molecule has 0 aliphatic heterocycles. The molecule has 0 saturated heterocycles. The second-order valence-corrected chi connectivity index (χ2v) is 6.72. The van der Waals surface area contributed by atoms with E-state index >= 15 is 0 Å². The Labute approximate surface area is 117 Å². The molecular formula is C15H22O3Si. The van der Waals surface area contributed by atoms with Crippen molar-refractivity contribution in [3.63, 3.8) is 0 Å². The lowest BCUT2D eigenvalue weighted by molar-refractivity contribution is -0.137. The fourth-order valence-corrected chi connectivity index (χ4v) is 4.12. The molecule has 0 spiro atoms. The minimum atomic E-state index is -1.38. The van der Waals surface area contributed by atoms with E-state index in [0.29, 0.717) is 6.61 Å². The number of hydrogen-bond donors (Lipinski definition) is 0.